The van der Waals surface area contributed by atoms with E-state index in [9.17, 15) is 4.79 Å². The molecule has 0 aliphatic heterocycles. The topological polar surface area (TPSA) is 38.3 Å². The molecule has 0 spiro atoms. The van der Waals surface area contributed by atoms with Crippen LogP contribution in [0.1, 0.15) is 12.8 Å². The first kappa shape index (κ1) is 11.5. The summed E-state index contributed by atoms with van der Waals surface area (Å²) in [4.78, 5) is 11.3. The summed E-state index contributed by atoms with van der Waals surface area (Å²) in [5.41, 5.74) is 0. The third-order valence-electron chi connectivity index (χ3n) is 2.41. The van der Waals surface area contributed by atoms with E-state index in [1.165, 1.54) is 0 Å². The molecule has 0 aromatic heterocycles. The van der Waals surface area contributed by atoms with Crippen molar-refractivity contribution >= 4 is 21.8 Å². The molecule has 3 nitrogen and oxygen atoms in total. The van der Waals surface area contributed by atoms with Crippen molar-refractivity contribution in [3.8, 4) is 5.75 Å². The molecule has 1 aromatic carbocycles. The Morgan fingerprint density at radius 1 is 1.50 bits per heavy atom. The van der Waals surface area contributed by atoms with Crippen molar-refractivity contribution in [2.45, 2.75) is 12.8 Å². The fraction of sp³-hybridized carbons (Fsp3) is 0.417. The molecule has 16 heavy (non-hydrogen) atoms. The second kappa shape index (κ2) is 5.34. The first-order valence-corrected chi connectivity index (χ1v) is 6.21. The van der Waals surface area contributed by atoms with Gasteiger partial charge in [0.2, 0.25) is 5.91 Å². The number of carbonyl (C=O) groups excluding carboxylic acids is 1. The van der Waals surface area contributed by atoms with E-state index in [0.29, 0.717) is 13.2 Å². The molecule has 4 heteroatoms. The number of rotatable bonds is 5. The molecule has 0 bridgehead atoms. The molecule has 0 unspecified atom stereocenters. The number of hydrogen-bond donors (Lipinski definition) is 1. The van der Waals surface area contributed by atoms with Crippen molar-refractivity contribution in [1.82, 2.24) is 5.32 Å². The zero-order valence-electron chi connectivity index (χ0n) is 8.91. The van der Waals surface area contributed by atoms with Crippen molar-refractivity contribution in [1.29, 1.82) is 0 Å². The van der Waals surface area contributed by atoms with Crippen molar-refractivity contribution in [3.63, 3.8) is 0 Å². The van der Waals surface area contributed by atoms with E-state index >= 15 is 0 Å². The van der Waals surface area contributed by atoms with Gasteiger partial charge in [-0.05, 0) is 31.0 Å². The Morgan fingerprint density at radius 2 is 2.31 bits per heavy atom. The van der Waals surface area contributed by atoms with Gasteiger partial charge in [0.25, 0.3) is 0 Å². The zero-order valence-corrected chi connectivity index (χ0v) is 10.5. The molecule has 1 aromatic rings. The van der Waals surface area contributed by atoms with E-state index in [2.05, 4.69) is 21.2 Å². The molecule has 1 fully saturated rings. The summed E-state index contributed by atoms with van der Waals surface area (Å²) in [6.07, 6.45) is 2.08. The van der Waals surface area contributed by atoms with Gasteiger partial charge < -0.3 is 10.1 Å². The lowest BCUT2D eigenvalue weighted by molar-refractivity contribution is -0.122. The van der Waals surface area contributed by atoms with Crippen molar-refractivity contribution in [2.75, 3.05) is 13.2 Å². The SMILES string of the molecule is O=C(NCCOc1cccc(Br)c1)C1CC1. The number of ether oxygens (including phenoxy) is 1. The predicted octanol–water partition coefficient (Wildman–Crippen LogP) is 2.35. The predicted molar refractivity (Wildman–Crippen MR) is 65.4 cm³/mol. The Kier molecular flexibility index (Phi) is 3.83. The highest BCUT2D eigenvalue weighted by Crippen LogP contribution is 2.28. The third kappa shape index (κ3) is 3.52. The Balaban J connectivity index is 1.65. The van der Waals surface area contributed by atoms with Gasteiger partial charge in [-0.25, -0.2) is 0 Å². The van der Waals surface area contributed by atoms with E-state index in [0.717, 1.165) is 23.1 Å². The summed E-state index contributed by atoms with van der Waals surface area (Å²) in [7, 11) is 0. The molecular formula is C12H14BrNO2. The lowest BCUT2D eigenvalue weighted by Gasteiger charge is -2.07. The zero-order chi connectivity index (χ0) is 11.4. The van der Waals surface area contributed by atoms with Crippen LogP contribution in [0.2, 0.25) is 0 Å². The molecular weight excluding hydrogens is 270 g/mol. The van der Waals surface area contributed by atoms with E-state index in [4.69, 9.17) is 4.74 Å². The van der Waals surface area contributed by atoms with Gasteiger partial charge in [0, 0.05) is 10.4 Å². The Bertz CT molecular complexity index is 377. The Hall–Kier alpha value is -1.03. The summed E-state index contributed by atoms with van der Waals surface area (Å²) in [6.45, 7) is 1.08. The van der Waals surface area contributed by atoms with Gasteiger partial charge in [-0.3, -0.25) is 4.79 Å². The standard InChI is InChI=1S/C12H14BrNO2/c13-10-2-1-3-11(8-10)16-7-6-14-12(15)9-4-5-9/h1-3,8-9H,4-7H2,(H,14,15). The largest absolute Gasteiger partial charge is 0.492 e. The lowest BCUT2D eigenvalue weighted by Crippen LogP contribution is -2.29. The van der Waals surface area contributed by atoms with Crippen LogP contribution in [0.25, 0.3) is 0 Å². The Labute approximate surface area is 103 Å². The number of halogens is 1. The summed E-state index contributed by atoms with van der Waals surface area (Å²) in [5.74, 6) is 1.25. The third-order valence-corrected chi connectivity index (χ3v) is 2.91. The maximum absolute atomic E-state index is 11.3. The molecule has 86 valence electrons. The molecule has 0 radical (unpaired) electrons. The van der Waals surface area contributed by atoms with Gasteiger partial charge in [-0.1, -0.05) is 22.0 Å². The molecule has 1 aliphatic carbocycles. The summed E-state index contributed by atoms with van der Waals surface area (Å²) < 4.78 is 6.49. The van der Waals surface area contributed by atoms with E-state index < -0.39 is 0 Å². The molecule has 0 heterocycles. The van der Waals surface area contributed by atoms with Crippen LogP contribution in [0.15, 0.2) is 28.7 Å². The molecule has 1 aliphatic rings. The van der Waals surface area contributed by atoms with Crippen molar-refractivity contribution in [2.24, 2.45) is 5.92 Å². The van der Waals surface area contributed by atoms with Gasteiger partial charge in [-0.15, -0.1) is 0 Å². The quantitative estimate of drug-likeness (QED) is 0.843. The fourth-order valence-corrected chi connectivity index (χ4v) is 1.77. The monoisotopic (exact) mass is 283 g/mol. The number of amides is 1. The summed E-state index contributed by atoms with van der Waals surface area (Å²) in [6, 6.07) is 7.67. The first-order chi connectivity index (χ1) is 7.75. The van der Waals surface area contributed by atoms with Crippen LogP contribution in [-0.4, -0.2) is 19.1 Å². The van der Waals surface area contributed by atoms with E-state index in [1.807, 2.05) is 24.3 Å². The summed E-state index contributed by atoms with van der Waals surface area (Å²) in [5, 5.41) is 2.85. The molecule has 2 rings (SSSR count). The highest BCUT2D eigenvalue weighted by atomic mass is 79.9. The fourth-order valence-electron chi connectivity index (χ4n) is 1.39. The molecule has 0 saturated heterocycles. The van der Waals surface area contributed by atoms with Crippen LogP contribution in [0.4, 0.5) is 0 Å². The van der Waals surface area contributed by atoms with Gasteiger partial charge in [0.15, 0.2) is 0 Å². The van der Waals surface area contributed by atoms with Crippen molar-refractivity contribution in [3.05, 3.63) is 28.7 Å². The average Bonchev–Trinajstić information content (AvgIpc) is 3.08. The smallest absolute Gasteiger partial charge is 0.223 e. The maximum atomic E-state index is 11.3. The van der Waals surface area contributed by atoms with Crippen LogP contribution in [0.3, 0.4) is 0 Å². The average molecular weight is 284 g/mol. The number of carbonyl (C=O) groups is 1. The van der Waals surface area contributed by atoms with Crippen LogP contribution in [-0.2, 0) is 4.79 Å². The van der Waals surface area contributed by atoms with E-state index in [-0.39, 0.29) is 11.8 Å². The van der Waals surface area contributed by atoms with E-state index in [1.54, 1.807) is 0 Å². The molecule has 1 saturated carbocycles. The normalized spacial score (nSPS) is 14.6. The second-order valence-electron chi connectivity index (χ2n) is 3.87. The van der Waals surface area contributed by atoms with Gasteiger partial charge in [0.05, 0.1) is 6.54 Å². The maximum Gasteiger partial charge on any atom is 0.223 e. The first-order valence-electron chi connectivity index (χ1n) is 5.42. The number of benzene rings is 1. The number of nitrogens with one attached hydrogen (secondary N) is 1. The highest BCUT2D eigenvalue weighted by Gasteiger charge is 2.28. The van der Waals surface area contributed by atoms with Crippen LogP contribution in [0.5, 0.6) is 5.75 Å². The van der Waals surface area contributed by atoms with Gasteiger partial charge >= 0.3 is 0 Å². The Morgan fingerprint density at radius 3 is 3.00 bits per heavy atom. The van der Waals surface area contributed by atoms with Crippen molar-refractivity contribution < 1.29 is 9.53 Å². The minimum Gasteiger partial charge on any atom is -0.492 e. The second-order valence-corrected chi connectivity index (χ2v) is 4.79. The number of hydrogen-bond acceptors (Lipinski definition) is 2. The molecule has 1 N–H and O–H groups in total. The van der Waals surface area contributed by atoms with Gasteiger partial charge in [-0.2, -0.15) is 0 Å². The minimum atomic E-state index is 0.165. The summed E-state index contributed by atoms with van der Waals surface area (Å²) >= 11 is 3.37. The van der Waals surface area contributed by atoms with Crippen LogP contribution < -0.4 is 10.1 Å². The van der Waals surface area contributed by atoms with Gasteiger partial charge in [0.1, 0.15) is 12.4 Å². The minimum absolute atomic E-state index is 0.165. The lowest BCUT2D eigenvalue weighted by atomic mass is 10.3. The van der Waals surface area contributed by atoms with Crippen LogP contribution >= 0.6 is 15.9 Å². The molecule has 0 atom stereocenters. The molecule has 1 amide bonds. The van der Waals surface area contributed by atoms with Crippen LogP contribution in [0, 0.1) is 5.92 Å². The highest BCUT2D eigenvalue weighted by molar-refractivity contribution is 9.10.